The van der Waals surface area contributed by atoms with Crippen molar-refractivity contribution in [3.05, 3.63) is 52.6 Å². The van der Waals surface area contributed by atoms with Gasteiger partial charge in [-0.3, -0.25) is 23.9 Å². The number of fused-ring (bicyclic) bond motifs is 1. The number of aliphatic hydroxyl groups is 1. The number of aliphatic hydroxyl groups excluding tert-OH is 1. The number of carbonyl (C=O) groups excluding carboxylic acids is 2. The zero-order chi connectivity index (χ0) is 30.5. The van der Waals surface area contributed by atoms with Crippen LogP contribution in [-0.2, 0) is 29.9 Å². The molecule has 1 fully saturated rings. The molecule has 0 radical (unpaired) electrons. The number of nitrogens with two attached hydrogens (primary N) is 1. The van der Waals surface area contributed by atoms with Crippen molar-refractivity contribution < 1.29 is 28.5 Å². The van der Waals surface area contributed by atoms with Crippen LogP contribution < -0.4 is 11.3 Å². The van der Waals surface area contributed by atoms with Gasteiger partial charge in [-0.05, 0) is 25.3 Å². The molecule has 0 spiro atoms. The number of thioether (sulfide) groups is 1. The third-order valence-electron chi connectivity index (χ3n) is 7.30. The highest BCUT2D eigenvalue weighted by atomic mass is 32.2. The van der Waals surface area contributed by atoms with Crippen molar-refractivity contribution >= 4 is 47.5 Å². The van der Waals surface area contributed by atoms with Crippen LogP contribution in [0.1, 0.15) is 39.5 Å². The van der Waals surface area contributed by atoms with Gasteiger partial charge in [0.25, 0.3) is 13.1 Å². The first-order chi connectivity index (χ1) is 20.0. The number of ether oxygens (including phenoxy) is 1. The van der Waals surface area contributed by atoms with E-state index < -0.39 is 30.8 Å². The van der Waals surface area contributed by atoms with Crippen LogP contribution in [0.4, 0.5) is 5.95 Å². The first-order valence-electron chi connectivity index (χ1n) is 13.5. The van der Waals surface area contributed by atoms with Gasteiger partial charge >= 0.3 is 0 Å². The number of rotatable bonds is 13. The number of hydrogen-bond acceptors (Lipinski definition) is 12. The number of anilines is 1. The molecule has 1 aromatic carbocycles. The molecule has 3 aromatic rings. The number of imidazole rings is 1. The van der Waals surface area contributed by atoms with Crippen molar-refractivity contribution in [1.29, 1.82) is 0 Å². The minimum Gasteiger partial charge on any atom is -0.395 e. The lowest BCUT2D eigenvalue weighted by molar-refractivity contribution is -0.119. The van der Waals surface area contributed by atoms with Gasteiger partial charge in [-0.25, -0.2) is 9.73 Å². The van der Waals surface area contributed by atoms with Gasteiger partial charge in [-0.2, -0.15) is 4.98 Å². The van der Waals surface area contributed by atoms with E-state index in [4.69, 9.17) is 19.5 Å². The fraction of sp³-hybridized carbons (Fsp3) is 0.519. The molecular formula is C27H37N6O7PS. The van der Waals surface area contributed by atoms with Gasteiger partial charge in [0, 0.05) is 11.7 Å². The monoisotopic (exact) mass is 620 g/mol. The van der Waals surface area contributed by atoms with Gasteiger partial charge in [0.05, 0.1) is 44.2 Å². The summed E-state index contributed by atoms with van der Waals surface area (Å²) in [5.74, 6) is 0.205. The van der Waals surface area contributed by atoms with Crippen LogP contribution in [0.15, 0.2) is 46.2 Å². The number of nitrogens with zero attached hydrogens (tertiary/aromatic N) is 4. The second-order valence-corrected chi connectivity index (χ2v) is 14.0. The normalized spacial score (nSPS) is 22.2. The van der Waals surface area contributed by atoms with Gasteiger partial charge in [-0.1, -0.05) is 55.9 Å². The topological polar surface area (TPSA) is 184 Å². The molecule has 4 N–H and O–H groups in total. The van der Waals surface area contributed by atoms with Crippen LogP contribution in [0, 0.1) is 17.3 Å². The largest absolute Gasteiger partial charge is 0.395 e. The first kappa shape index (κ1) is 32.1. The van der Waals surface area contributed by atoms with Crippen molar-refractivity contribution in [3.63, 3.8) is 0 Å². The minimum atomic E-state index is -3.38. The summed E-state index contributed by atoms with van der Waals surface area (Å²) in [6.45, 7) is 7.37. The average molecular weight is 621 g/mol. The molecule has 15 heteroatoms. The van der Waals surface area contributed by atoms with Crippen molar-refractivity contribution in [3.8, 4) is 0 Å². The van der Waals surface area contributed by atoms with E-state index in [1.807, 2.05) is 44.2 Å². The molecule has 1 aliphatic rings. The Labute approximate surface area is 247 Å². The van der Waals surface area contributed by atoms with Crippen molar-refractivity contribution in [2.24, 2.45) is 22.0 Å². The lowest BCUT2D eigenvalue weighted by Gasteiger charge is -2.23. The van der Waals surface area contributed by atoms with E-state index in [0.29, 0.717) is 11.7 Å². The lowest BCUT2D eigenvalue weighted by atomic mass is 9.93. The van der Waals surface area contributed by atoms with Crippen molar-refractivity contribution in [2.75, 3.05) is 31.3 Å². The summed E-state index contributed by atoms with van der Waals surface area (Å²) < 4.78 is 24.8. The van der Waals surface area contributed by atoms with E-state index in [9.17, 15) is 19.5 Å². The molecule has 0 amide bonds. The number of benzene rings is 1. The van der Waals surface area contributed by atoms with Gasteiger partial charge in [0.2, 0.25) is 12.0 Å². The van der Waals surface area contributed by atoms with E-state index in [1.54, 1.807) is 18.4 Å². The van der Waals surface area contributed by atoms with E-state index >= 15 is 0 Å². The SMILES string of the molecule is CC1C(COP(C=O)(=NCc2ccccc2)OCCSC(=O)C(C)(C)CO)OC(n2cnc3c(=O)[nH]c(N)nc32)C1C. The molecule has 2 aromatic heterocycles. The number of nitrogen functional groups attached to an aromatic ring is 1. The maximum atomic E-state index is 12.5. The van der Waals surface area contributed by atoms with Crippen LogP contribution in [-0.4, -0.2) is 67.4 Å². The van der Waals surface area contributed by atoms with E-state index in [0.717, 1.165) is 17.3 Å². The zero-order valence-electron chi connectivity index (χ0n) is 24.0. The predicted molar refractivity (Wildman–Crippen MR) is 161 cm³/mol. The van der Waals surface area contributed by atoms with Crippen LogP contribution in [0.5, 0.6) is 0 Å². The molecule has 3 heterocycles. The number of hydrogen-bond donors (Lipinski definition) is 3. The third-order valence-corrected chi connectivity index (χ3v) is 10.4. The van der Waals surface area contributed by atoms with Crippen LogP contribution in [0.3, 0.4) is 0 Å². The van der Waals surface area contributed by atoms with E-state index in [-0.39, 0.29) is 60.5 Å². The molecule has 0 saturated carbocycles. The molecule has 1 saturated heterocycles. The van der Waals surface area contributed by atoms with Crippen molar-refractivity contribution in [2.45, 2.75) is 46.6 Å². The summed E-state index contributed by atoms with van der Waals surface area (Å²) in [5, 5.41) is 9.28. The second-order valence-electron chi connectivity index (χ2n) is 10.8. The lowest BCUT2D eigenvalue weighted by Crippen LogP contribution is -2.26. The maximum Gasteiger partial charge on any atom is 0.280 e. The minimum absolute atomic E-state index is 0.0108. The molecule has 0 bridgehead atoms. The fourth-order valence-corrected chi connectivity index (χ4v) is 6.81. The summed E-state index contributed by atoms with van der Waals surface area (Å²) >= 11 is 1.03. The molecular weight excluding hydrogens is 583 g/mol. The summed E-state index contributed by atoms with van der Waals surface area (Å²) in [4.78, 5) is 48.0. The summed E-state index contributed by atoms with van der Waals surface area (Å²) in [5.41, 5.74) is 5.80. The maximum absolute atomic E-state index is 12.5. The Bertz CT molecular complexity index is 1510. The number of aromatic nitrogens is 4. The Morgan fingerprint density at radius 1 is 1.29 bits per heavy atom. The number of carbonyl (C=O) groups is 2. The standard InChI is InChI=1S/C27H37N6O7PS/c1-17-18(2)24(33-15-29-21-22(33)31-26(28)32-23(21)36)40-20(17)13-39-41(16-35,30-12-19-8-6-5-7-9-19)38-10-11-42-25(37)27(3,4)14-34/h5-9,15-18,20,24,34H,10-14H2,1-4H3,(H3,28,31,32,36). The van der Waals surface area contributed by atoms with E-state index in [1.165, 1.54) is 6.33 Å². The van der Waals surface area contributed by atoms with Crippen molar-refractivity contribution in [1.82, 2.24) is 19.5 Å². The highest BCUT2D eigenvalue weighted by molar-refractivity contribution is 8.13. The number of nitrogens with one attached hydrogen (secondary N) is 1. The van der Waals surface area contributed by atoms with E-state index in [2.05, 4.69) is 19.7 Å². The Balaban J connectivity index is 1.50. The molecule has 4 rings (SSSR count). The fourth-order valence-electron chi connectivity index (χ4n) is 4.38. The second kappa shape index (κ2) is 13.6. The summed E-state index contributed by atoms with van der Waals surface area (Å²) in [7, 11) is -3.38. The highest BCUT2D eigenvalue weighted by Crippen LogP contribution is 2.51. The average Bonchev–Trinajstić information content (AvgIpc) is 3.53. The molecule has 228 valence electrons. The summed E-state index contributed by atoms with van der Waals surface area (Å²) in [6, 6.07) is 10.0. The summed E-state index contributed by atoms with van der Waals surface area (Å²) in [6.07, 6.45) is 0.565. The molecule has 13 nitrogen and oxygen atoms in total. The molecule has 0 aliphatic carbocycles. The molecule has 5 atom stereocenters. The zero-order valence-corrected chi connectivity index (χ0v) is 25.7. The smallest absolute Gasteiger partial charge is 0.280 e. The van der Waals surface area contributed by atoms with Gasteiger partial charge in [-0.15, -0.1) is 0 Å². The van der Waals surface area contributed by atoms with Crippen LogP contribution in [0.25, 0.3) is 11.2 Å². The predicted octanol–water partition coefficient (Wildman–Crippen LogP) is 3.60. The Hall–Kier alpha value is -2.87. The first-order valence-corrected chi connectivity index (χ1v) is 16.2. The molecule has 42 heavy (non-hydrogen) atoms. The van der Waals surface area contributed by atoms with Gasteiger partial charge in [0.1, 0.15) is 6.23 Å². The Kier molecular flexibility index (Phi) is 10.4. The molecule has 5 unspecified atom stereocenters. The van der Waals surface area contributed by atoms with Crippen LogP contribution >= 0.6 is 19.3 Å². The van der Waals surface area contributed by atoms with Crippen LogP contribution in [0.2, 0.25) is 0 Å². The Morgan fingerprint density at radius 2 is 2.02 bits per heavy atom. The quantitative estimate of drug-likeness (QED) is 0.144. The third kappa shape index (κ3) is 7.19. The Morgan fingerprint density at radius 3 is 2.71 bits per heavy atom. The number of aromatic amines is 1. The molecule has 1 aliphatic heterocycles. The van der Waals surface area contributed by atoms with Gasteiger partial charge < -0.3 is 24.6 Å². The number of H-pyrrole nitrogens is 1. The van der Waals surface area contributed by atoms with Gasteiger partial charge in [0.15, 0.2) is 16.3 Å². The highest BCUT2D eigenvalue weighted by Gasteiger charge is 2.42.